The van der Waals surface area contributed by atoms with Crippen LogP contribution in [0.1, 0.15) is 33.6 Å². The molecule has 0 heterocycles. The zero-order valence-electron chi connectivity index (χ0n) is 12.9. The third kappa shape index (κ3) is 8.03. The Kier molecular flexibility index (Phi) is 9.64. The van der Waals surface area contributed by atoms with Crippen molar-refractivity contribution in [1.82, 2.24) is 4.90 Å². The number of ether oxygens (including phenoxy) is 2. The van der Waals surface area contributed by atoms with E-state index in [9.17, 15) is 0 Å². The number of hydrogen-bond donors (Lipinski definition) is 1. The summed E-state index contributed by atoms with van der Waals surface area (Å²) in [5, 5.41) is 0. The minimum absolute atomic E-state index is 0.247. The smallest absolute Gasteiger partial charge is 0.0615 e. The topological polar surface area (TPSA) is 47.7 Å². The summed E-state index contributed by atoms with van der Waals surface area (Å²) in [5.41, 5.74) is 6.00. The van der Waals surface area contributed by atoms with E-state index >= 15 is 0 Å². The van der Waals surface area contributed by atoms with Crippen molar-refractivity contribution < 1.29 is 9.47 Å². The summed E-state index contributed by atoms with van der Waals surface area (Å²) in [6, 6.07) is 0.436. The molecule has 4 heteroatoms. The molecular formula is C14H32N2O2. The van der Waals surface area contributed by atoms with Crippen LogP contribution in [0.25, 0.3) is 0 Å². The highest BCUT2D eigenvalue weighted by molar-refractivity contribution is 4.72. The molecule has 0 spiro atoms. The van der Waals surface area contributed by atoms with E-state index in [-0.39, 0.29) is 5.41 Å². The quantitative estimate of drug-likeness (QED) is 0.615. The number of nitrogens with zero attached hydrogens (tertiary/aromatic N) is 1. The van der Waals surface area contributed by atoms with Gasteiger partial charge in [0.15, 0.2) is 0 Å². The molecule has 0 aromatic carbocycles. The van der Waals surface area contributed by atoms with Gasteiger partial charge in [0.05, 0.1) is 13.2 Å². The molecule has 0 radical (unpaired) electrons. The molecule has 0 saturated carbocycles. The molecule has 0 aliphatic rings. The standard InChI is InChI=1S/C14H32N2O2/c1-13(11-18-5)16(9-10-17-4)8-6-7-14(2,3)12-15/h13H,6-12,15H2,1-5H3. The van der Waals surface area contributed by atoms with Crippen molar-refractivity contribution in [3.05, 3.63) is 0 Å². The Hall–Kier alpha value is -0.160. The highest BCUT2D eigenvalue weighted by atomic mass is 16.5. The van der Waals surface area contributed by atoms with Crippen molar-refractivity contribution >= 4 is 0 Å². The second-order valence-corrected chi connectivity index (χ2v) is 5.81. The maximum atomic E-state index is 5.76. The summed E-state index contributed by atoms with van der Waals surface area (Å²) in [5.74, 6) is 0. The van der Waals surface area contributed by atoms with Gasteiger partial charge in [-0.1, -0.05) is 13.8 Å². The van der Waals surface area contributed by atoms with Crippen LogP contribution in [0.15, 0.2) is 0 Å². The van der Waals surface area contributed by atoms with Crippen LogP contribution in [0.4, 0.5) is 0 Å². The van der Waals surface area contributed by atoms with E-state index in [1.54, 1.807) is 14.2 Å². The lowest BCUT2D eigenvalue weighted by atomic mass is 9.88. The van der Waals surface area contributed by atoms with Crippen LogP contribution < -0.4 is 5.73 Å². The molecule has 0 fully saturated rings. The van der Waals surface area contributed by atoms with E-state index in [4.69, 9.17) is 15.2 Å². The van der Waals surface area contributed by atoms with Crippen molar-refractivity contribution in [2.75, 3.05) is 47.1 Å². The van der Waals surface area contributed by atoms with Crippen LogP contribution in [0.5, 0.6) is 0 Å². The summed E-state index contributed by atoms with van der Waals surface area (Å²) >= 11 is 0. The van der Waals surface area contributed by atoms with Crippen molar-refractivity contribution in [3.8, 4) is 0 Å². The Morgan fingerprint density at radius 3 is 2.33 bits per heavy atom. The normalized spacial score (nSPS) is 14.2. The summed E-state index contributed by atoms with van der Waals surface area (Å²) in [6.45, 7) is 11.0. The first-order valence-electron chi connectivity index (χ1n) is 6.89. The van der Waals surface area contributed by atoms with E-state index in [0.717, 1.165) is 39.3 Å². The molecule has 110 valence electrons. The van der Waals surface area contributed by atoms with Crippen LogP contribution in [0, 0.1) is 5.41 Å². The van der Waals surface area contributed by atoms with Crippen LogP contribution in [-0.4, -0.2) is 58.0 Å². The third-order valence-electron chi connectivity index (χ3n) is 3.47. The largest absolute Gasteiger partial charge is 0.383 e. The summed E-state index contributed by atoms with van der Waals surface area (Å²) in [4.78, 5) is 2.43. The lowest BCUT2D eigenvalue weighted by molar-refractivity contribution is 0.0721. The summed E-state index contributed by atoms with van der Waals surface area (Å²) in [6.07, 6.45) is 2.33. The molecule has 0 aromatic rings. The maximum absolute atomic E-state index is 5.76. The molecule has 4 nitrogen and oxygen atoms in total. The fourth-order valence-corrected chi connectivity index (χ4v) is 1.97. The van der Waals surface area contributed by atoms with E-state index in [1.807, 2.05) is 0 Å². The SMILES string of the molecule is COCCN(CCCC(C)(C)CN)C(C)COC. The van der Waals surface area contributed by atoms with Crippen LogP contribution in [0.2, 0.25) is 0 Å². The first kappa shape index (κ1) is 17.8. The Labute approximate surface area is 113 Å². The summed E-state index contributed by atoms with van der Waals surface area (Å²) in [7, 11) is 3.50. The Morgan fingerprint density at radius 2 is 1.83 bits per heavy atom. The minimum Gasteiger partial charge on any atom is -0.383 e. The molecule has 2 N–H and O–H groups in total. The predicted molar refractivity (Wildman–Crippen MR) is 76.9 cm³/mol. The first-order chi connectivity index (χ1) is 8.46. The average molecular weight is 260 g/mol. The highest BCUT2D eigenvalue weighted by Crippen LogP contribution is 2.20. The molecule has 0 aromatic heterocycles. The van der Waals surface area contributed by atoms with Crippen LogP contribution in [-0.2, 0) is 9.47 Å². The Balaban J connectivity index is 4.07. The van der Waals surface area contributed by atoms with E-state index < -0.39 is 0 Å². The van der Waals surface area contributed by atoms with Gasteiger partial charge in [-0.3, -0.25) is 4.90 Å². The van der Waals surface area contributed by atoms with Crippen molar-refractivity contribution in [3.63, 3.8) is 0 Å². The minimum atomic E-state index is 0.247. The first-order valence-corrected chi connectivity index (χ1v) is 6.89. The fraction of sp³-hybridized carbons (Fsp3) is 1.00. The maximum Gasteiger partial charge on any atom is 0.0615 e. The lowest BCUT2D eigenvalue weighted by Gasteiger charge is -2.30. The Morgan fingerprint density at radius 1 is 1.17 bits per heavy atom. The number of nitrogens with two attached hydrogens (primary N) is 1. The Bertz CT molecular complexity index is 198. The van der Waals surface area contributed by atoms with Gasteiger partial charge in [0.25, 0.3) is 0 Å². The number of methoxy groups -OCH3 is 2. The van der Waals surface area contributed by atoms with E-state index in [1.165, 1.54) is 6.42 Å². The molecule has 0 aliphatic heterocycles. The predicted octanol–water partition coefficient (Wildman–Crippen LogP) is 1.73. The zero-order valence-corrected chi connectivity index (χ0v) is 12.9. The molecular weight excluding hydrogens is 228 g/mol. The van der Waals surface area contributed by atoms with Crippen LogP contribution in [0.3, 0.4) is 0 Å². The average Bonchev–Trinajstić information content (AvgIpc) is 2.33. The number of hydrogen-bond acceptors (Lipinski definition) is 4. The molecule has 0 saturated heterocycles. The zero-order chi connectivity index (χ0) is 14.0. The molecule has 0 amide bonds. The van der Waals surface area contributed by atoms with Gasteiger partial charge in [0.1, 0.15) is 0 Å². The van der Waals surface area contributed by atoms with Gasteiger partial charge in [-0.15, -0.1) is 0 Å². The summed E-state index contributed by atoms with van der Waals surface area (Å²) < 4.78 is 10.4. The van der Waals surface area contributed by atoms with E-state index in [2.05, 4.69) is 25.7 Å². The van der Waals surface area contributed by atoms with Gasteiger partial charge in [0.2, 0.25) is 0 Å². The van der Waals surface area contributed by atoms with Crippen molar-refractivity contribution in [1.29, 1.82) is 0 Å². The second kappa shape index (κ2) is 9.73. The molecule has 18 heavy (non-hydrogen) atoms. The van der Waals surface area contributed by atoms with Crippen LogP contribution >= 0.6 is 0 Å². The second-order valence-electron chi connectivity index (χ2n) is 5.81. The van der Waals surface area contributed by atoms with Gasteiger partial charge in [-0.25, -0.2) is 0 Å². The van der Waals surface area contributed by atoms with E-state index in [0.29, 0.717) is 6.04 Å². The van der Waals surface area contributed by atoms with Gasteiger partial charge in [0, 0.05) is 26.8 Å². The van der Waals surface area contributed by atoms with Crippen molar-refractivity contribution in [2.45, 2.75) is 39.7 Å². The highest BCUT2D eigenvalue weighted by Gasteiger charge is 2.17. The molecule has 1 atom stereocenters. The fourth-order valence-electron chi connectivity index (χ4n) is 1.97. The third-order valence-corrected chi connectivity index (χ3v) is 3.47. The monoisotopic (exact) mass is 260 g/mol. The van der Waals surface area contributed by atoms with Gasteiger partial charge in [-0.05, 0) is 38.3 Å². The molecule has 1 unspecified atom stereocenters. The van der Waals surface area contributed by atoms with Crippen molar-refractivity contribution in [2.24, 2.45) is 11.1 Å². The molecule has 0 aliphatic carbocycles. The van der Waals surface area contributed by atoms with Gasteiger partial charge < -0.3 is 15.2 Å². The molecule has 0 bridgehead atoms. The van der Waals surface area contributed by atoms with Gasteiger partial charge in [-0.2, -0.15) is 0 Å². The lowest BCUT2D eigenvalue weighted by Crippen LogP contribution is -2.39. The molecule has 0 rings (SSSR count). The number of rotatable bonds is 11. The van der Waals surface area contributed by atoms with Gasteiger partial charge >= 0.3 is 0 Å².